The Balaban J connectivity index is 1.67. The molecule has 1 saturated heterocycles. The van der Waals surface area contributed by atoms with Gasteiger partial charge in [0.15, 0.2) is 9.84 Å². The van der Waals surface area contributed by atoms with E-state index < -0.39 is 15.9 Å². The van der Waals surface area contributed by atoms with Crippen molar-refractivity contribution in [2.75, 3.05) is 24.7 Å². The lowest BCUT2D eigenvalue weighted by atomic mass is 10.0. The summed E-state index contributed by atoms with van der Waals surface area (Å²) in [6.45, 7) is -0.213. The standard InChI is InChI=1S/C21H21N3O5S/c25-12-11-24(16-10-13-30(27,28)14-16)21(26)18-9-5-4-8-17(18)20-22-19(23-29-20)15-6-2-1-3-7-15/h1-9,16,25H,10-14H2. The highest BCUT2D eigenvalue weighted by Gasteiger charge is 2.35. The predicted molar refractivity (Wildman–Crippen MR) is 110 cm³/mol. The van der Waals surface area contributed by atoms with E-state index in [4.69, 9.17) is 4.52 Å². The fourth-order valence-corrected chi connectivity index (χ4v) is 5.36. The normalized spacial score (nSPS) is 17.7. The molecular weight excluding hydrogens is 406 g/mol. The van der Waals surface area contributed by atoms with Crippen molar-refractivity contribution in [2.24, 2.45) is 0 Å². The van der Waals surface area contributed by atoms with Gasteiger partial charge in [0.05, 0.1) is 29.2 Å². The molecule has 1 amide bonds. The van der Waals surface area contributed by atoms with Gasteiger partial charge in [-0.15, -0.1) is 0 Å². The minimum atomic E-state index is -3.18. The molecule has 0 aliphatic carbocycles. The summed E-state index contributed by atoms with van der Waals surface area (Å²) in [7, 11) is -3.18. The highest BCUT2D eigenvalue weighted by atomic mass is 32.2. The van der Waals surface area contributed by atoms with Gasteiger partial charge in [0.1, 0.15) is 0 Å². The van der Waals surface area contributed by atoms with Crippen LogP contribution in [0.4, 0.5) is 0 Å². The number of aliphatic hydroxyl groups excluding tert-OH is 1. The highest BCUT2D eigenvalue weighted by molar-refractivity contribution is 7.91. The van der Waals surface area contributed by atoms with E-state index in [0.29, 0.717) is 23.4 Å². The smallest absolute Gasteiger partial charge is 0.259 e. The molecule has 0 saturated carbocycles. The van der Waals surface area contributed by atoms with Crippen LogP contribution in [-0.2, 0) is 9.84 Å². The Bertz CT molecular complexity index is 1140. The summed E-state index contributed by atoms with van der Waals surface area (Å²) in [5.41, 5.74) is 1.56. The molecule has 1 aromatic heterocycles. The number of carbonyl (C=O) groups excluding carboxylic acids is 1. The van der Waals surface area contributed by atoms with Crippen LogP contribution in [0.15, 0.2) is 59.1 Å². The Labute approximate surface area is 174 Å². The number of aliphatic hydroxyl groups is 1. The van der Waals surface area contributed by atoms with Crippen LogP contribution in [0.25, 0.3) is 22.8 Å². The molecule has 1 fully saturated rings. The summed E-state index contributed by atoms with van der Waals surface area (Å²) in [5.74, 6) is 0.169. The minimum Gasteiger partial charge on any atom is -0.395 e. The molecule has 9 heteroatoms. The number of hydrogen-bond acceptors (Lipinski definition) is 7. The van der Waals surface area contributed by atoms with Gasteiger partial charge in [-0.3, -0.25) is 4.79 Å². The topological polar surface area (TPSA) is 114 Å². The number of rotatable bonds is 6. The zero-order valence-electron chi connectivity index (χ0n) is 16.1. The van der Waals surface area contributed by atoms with E-state index in [-0.39, 0.29) is 36.5 Å². The lowest BCUT2D eigenvalue weighted by molar-refractivity contribution is 0.0656. The molecule has 4 rings (SSSR count). The minimum absolute atomic E-state index is 0.0403. The second-order valence-corrected chi connectivity index (χ2v) is 9.34. The zero-order chi connectivity index (χ0) is 21.1. The molecule has 30 heavy (non-hydrogen) atoms. The molecule has 1 aliphatic rings. The largest absolute Gasteiger partial charge is 0.395 e. The number of nitrogens with zero attached hydrogens (tertiary/aromatic N) is 3. The highest BCUT2D eigenvalue weighted by Crippen LogP contribution is 2.28. The average Bonchev–Trinajstić information content (AvgIpc) is 3.39. The van der Waals surface area contributed by atoms with Crippen molar-refractivity contribution < 1.29 is 22.8 Å². The van der Waals surface area contributed by atoms with Gasteiger partial charge in [-0.05, 0) is 18.6 Å². The monoisotopic (exact) mass is 427 g/mol. The van der Waals surface area contributed by atoms with Crippen LogP contribution in [0, 0.1) is 0 Å². The molecule has 1 unspecified atom stereocenters. The van der Waals surface area contributed by atoms with Gasteiger partial charge in [-0.1, -0.05) is 47.6 Å². The first kappa shape index (κ1) is 20.2. The molecule has 2 heterocycles. The van der Waals surface area contributed by atoms with Gasteiger partial charge in [0.25, 0.3) is 11.8 Å². The quantitative estimate of drug-likeness (QED) is 0.640. The SMILES string of the molecule is O=C(c1ccccc1-c1nc(-c2ccccc2)no1)N(CCO)C1CCS(=O)(=O)C1. The fourth-order valence-electron chi connectivity index (χ4n) is 3.63. The molecule has 0 spiro atoms. The van der Waals surface area contributed by atoms with Gasteiger partial charge >= 0.3 is 0 Å². The Hall–Kier alpha value is -3.04. The molecule has 1 N–H and O–H groups in total. The lowest BCUT2D eigenvalue weighted by Gasteiger charge is -2.28. The van der Waals surface area contributed by atoms with Crippen molar-refractivity contribution in [3.05, 3.63) is 60.2 Å². The average molecular weight is 427 g/mol. The summed E-state index contributed by atoms with van der Waals surface area (Å²) >= 11 is 0. The Kier molecular flexibility index (Phi) is 5.65. The summed E-state index contributed by atoms with van der Waals surface area (Å²) < 4.78 is 29.2. The van der Waals surface area contributed by atoms with Crippen LogP contribution in [0.1, 0.15) is 16.8 Å². The summed E-state index contributed by atoms with van der Waals surface area (Å²) in [4.78, 5) is 19.2. The van der Waals surface area contributed by atoms with E-state index in [9.17, 15) is 18.3 Å². The maximum atomic E-state index is 13.3. The van der Waals surface area contributed by atoms with E-state index in [1.54, 1.807) is 24.3 Å². The number of amides is 1. The Morgan fingerprint density at radius 3 is 2.57 bits per heavy atom. The number of carbonyl (C=O) groups is 1. The molecular formula is C21H21N3O5S. The van der Waals surface area contributed by atoms with Crippen LogP contribution in [0.5, 0.6) is 0 Å². The van der Waals surface area contributed by atoms with Crippen LogP contribution in [0.3, 0.4) is 0 Å². The van der Waals surface area contributed by atoms with Gasteiger partial charge < -0.3 is 14.5 Å². The molecule has 1 aliphatic heterocycles. The van der Waals surface area contributed by atoms with Crippen molar-refractivity contribution in [3.63, 3.8) is 0 Å². The van der Waals surface area contributed by atoms with Crippen LogP contribution >= 0.6 is 0 Å². The maximum Gasteiger partial charge on any atom is 0.259 e. The fraction of sp³-hybridized carbons (Fsp3) is 0.286. The van der Waals surface area contributed by atoms with Gasteiger partial charge in [0.2, 0.25) is 5.82 Å². The maximum absolute atomic E-state index is 13.3. The Morgan fingerprint density at radius 1 is 1.13 bits per heavy atom. The number of hydrogen-bond donors (Lipinski definition) is 1. The van der Waals surface area contributed by atoms with Crippen LogP contribution < -0.4 is 0 Å². The van der Waals surface area contributed by atoms with Gasteiger partial charge in [-0.2, -0.15) is 4.98 Å². The third-order valence-corrected chi connectivity index (χ3v) is 6.85. The number of benzene rings is 2. The number of sulfone groups is 1. The van der Waals surface area contributed by atoms with Crippen LogP contribution in [0.2, 0.25) is 0 Å². The first-order valence-corrected chi connectivity index (χ1v) is 11.4. The first-order valence-electron chi connectivity index (χ1n) is 9.59. The molecule has 1 atom stereocenters. The lowest BCUT2D eigenvalue weighted by Crippen LogP contribution is -2.43. The molecule has 2 aromatic carbocycles. The Morgan fingerprint density at radius 2 is 1.87 bits per heavy atom. The van der Waals surface area contributed by atoms with Crippen molar-refractivity contribution in [1.29, 1.82) is 0 Å². The van der Waals surface area contributed by atoms with Crippen molar-refractivity contribution >= 4 is 15.7 Å². The van der Waals surface area contributed by atoms with E-state index in [2.05, 4.69) is 10.1 Å². The molecule has 8 nitrogen and oxygen atoms in total. The van der Waals surface area contributed by atoms with Crippen molar-refractivity contribution in [2.45, 2.75) is 12.5 Å². The van der Waals surface area contributed by atoms with Gasteiger partial charge in [0, 0.05) is 18.2 Å². The zero-order valence-corrected chi connectivity index (χ0v) is 17.0. The summed E-state index contributed by atoms with van der Waals surface area (Å²) in [5, 5.41) is 13.5. The summed E-state index contributed by atoms with van der Waals surface area (Å²) in [6, 6.07) is 15.7. The third kappa shape index (κ3) is 4.12. The second kappa shape index (κ2) is 8.37. The van der Waals surface area contributed by atoms with E-state index in [0.717, 1.165) is 5.56 Å². The van der Waals surface area contributed by atoms with Gasteiger partial charge in [-0.25, -0.2) is 8.42 Å². The molecule has 0 bridgehead atoms. The third-order valence-electron chi connectivity index (χ3n) is 5.10. The predicted octanol–water partition coefficient (Wildman–Crippen LogP) is 2.03. The first-order chi connectivity index (χ1) is 14.5. The molecule has 0 radical (unpaired) electrons. The molecule has 156 valence electrons. The van der Waals surface area contributed by atoms with Crippen LogP contribution in [-0.4, -0.2) is 65.2 Å². The second-order valence-electron chi connectivity index (χ2n) is 7.11. The van der Waals surface area contributed by atoms with E-state index in [1.165, 1.54) is 4.90 Å². The van der Waals surface area contributed by atoms with Crippen molar-refractivity contribution in [1.82, 2.24) is 15.0 Å². The summed E-state index contributed by atoms with van der Waals surface area (Å²) in [6.07, 6.45) is 0.356. The number of aromatic nitrogens is 2. The van der Waals surface area contributed by atoms with E-state index in [1.807, 2.05) is 30.3 Å². The van der Waals surface area contributed by atoms with E-state index >= 15 is 0 Å². The van der Waals surface area contributed by atoms with Crippen molar-refractivity contribution in [3.8, 4) is 22.8 Å². The molecule has 3 aromatic rings.